The second-order valence-corrected chi connectivity index (χ2v) is 9.85. The second-order valence-electron chi connectivity index (χ2n) is 9.85. The van der Waals surface area contributed by atoms with Crippen molar-refractivity contribution < 1.29 is 29.4 Å². The van der Waals surface area contributed by atoms with Crippen molar-refractivity contribution in [2.45, 2.75) is 56.3 Å². The summed E-state index contributed by atoms with van der Waals surface area (Å²) < 4.78 is 0. The highest BCUT2D eigenvalue weighted by Gasteiger charge is 2.30. The lowest BCUT2D eigenvalue weighted by Gasteiger charge is -2.24. The van der Waals surface area contributed by atoms with Gasteiger partial charge in [0.2, 0.25) is 17.7 Å². The number of H-pyrrole nitrogens is 1. The first-order chi connectivity index (χ1) is 19.7. The summed E-state index contributed by atoms with van der Waals surface area (Å²) in [5, 5.41) is 27.9. The molecule has 12 heteroatoms. The van der Waals surface area contributed by atoms with Crippen molar-refractivity contribution in [3.8, 4) is 0 Å². The Morgan fingerprint density at radius 2 is 1.44 bits per heavy atom. The Balaban J connectivity index is 1.63. The first-order valence-electron chi connectivity index (χ1n) is 13.5. The lowest BCUT2D eigenvalue weighted by Crippen LogP contribution is -2.58. The van der Waals surface area contributed by atoms with Gasteiger partial charge in [-0.05, 0) is 49.4 Å². The summed E-state index contributed by atoms with van der Waals surface area (Å²) in [5.74, 6) is -3.37. The van der Waals surface area contributed by atoms with E-state index in [4.69, 9.17) is 11.5 Å². The number of nitrogens with one attached hydrogen (secondary N) is 4. The van der Waals surface area contributed by atoms with E-state index in [1.807, 2.05) is 24.3 Å². The Hall–Kier alpha value is -4.26. The summed E-state index contributed by atoms with van der Waals surface area (Å²) in [7, 11) is 0. The van der Waals surface area contributed by atoms with Crippen LogP contribution >= 0.6 is 0 Å². The fourth-order valence-electron chi connectivity index (χ4n) is 4.46. The van der Waals surface area contributed by atoms with Crippen LogP contribution in [-0.4, -0.2) is 76.2 Å². The molecule has 0 radical (unpaired) electrons. The van der Waals surface area contributed by atoms with Crippen molar-refractivity contribution in [2.24, 2.45) is 11.5 Å². The minimum Gasteiger partial charge on any atom is -0.480 e. The molecule has 0 saturated heterocycles. The minimum atomic E-state index is -1.37. The fourth-order valence-corrected chi connectivity index (χ4v) is 4.46. The maximum absolute atomic E-state index is 13.1. The van der Waals surface area contributed by atoms with Gasteiger partial charge >= 0.3 is 5.97 Å². The van der Waals surface area contributed by atoms with Crippen molar-refractivity contribution in [1.82, 2.24) is 20.9 Å². The van der Waals surface area contributed by atoms with E-state index < -0.39 is 54.5 Å². The molecule has 12 nitrogen and oxygen atoms in total. The number of benzene rings is 2. The quantitative estimate of drug-likeness (QED) is 0.110. The largest absolute Gasteiger partial charge is 0.480 e. The fraction of sp³-hybridized carbons (Fsp3) is 0.379. The van der Waals surface area contributed by atoms with Crippen LogP contribution in [0.4, 0.5) is 0 Å². The molecular formula is C29H38N6O6. The number of amides is 3. The molecule has 3 rings (SSSR count). The van der Waals surface area contributed by atoms with Gasteiger partial charge in [0.15, 0.2) is 0 Å². The van der Waals surface area contributed by atoms with Gasteiger partial charge in [0.05, 0.1) is 12.6 Å². The minimum absolute atomic E-state index is 0.0506. The van der Waals surface area contributed by atoms with E-state index in [9.17, 15) is 29.4 Å². The number of unbranched alkanes of at least 4 members (excludes halogenated alkanes) is 1. The maximum atomic E-state index is 13.1. The van der Waals surface area contributed by atoms with Crippen LogP contribution in [-0.2, 0) is 32.0 Å². The van der Waals surface area contributed by atoms with Crippen molar-refractivity contribution in [3.63, 3.8) is 0 Å². The van der Waals surface area contributed by atoms with E-state index in [2.05, 4.69) is 20.9 Å². The third-order valence-electron chi connectivity index (χ3n) is 6.74. The highest BCUT2D eigenvalue weighted by molar-refractivity contribution is 5.94. The van der Waals surface area contributed by atoms with Crippen LogP contribution < -0.4 is 27.4 Å². The molecule has 10 N–H and O–H groups in total. The molecule has 0 saturated carbocycles. The molecule has 0 bridgehead atoms. The number of rotatable bonds is 16. The van der Waals surface area contributed by atoms with Crippen LogP contribution in [0.5, 0.6) is 0 Å². The number of fused-ring (bicyclic) bond motifs is 1. The number of para-hydroxylation sites is 1. The zero-order chi connectivity index (χ0) is 29.8. The van der Waals surface area contributed by atoms with E-state index in [-0.39, 0.29) is 19.3 Å². The second kappa shape index (κ2) is 15.5. The molecule has 41 heavy (non-hydrogen) atoms. The number of nitrogens with two attached hydrogens (primary N) is 2. The Morgan fingerprint density at radius 3 is 2.12 bits per heavy atom. The number of aromatic amines is 1. The van der Waals surface area contributed by atoms with Gasteiger partial charge in [-0.25, -0.2) is 4.79 Å². The molecule has 2 aromatic carbocycles. The summed E-state index contributed by atoms with van der Waals surface area (Å²) in [6.45, 7) is -0.363. The Bertz CT molecular complexity index is 1310. The number of hydrogen-bond donors (Lipinski definition) is 8. The Kier molecular flexibility index (Phi) is 11.8. The molecule has 3 amide bonds. The van der Waals surface area contributed by atoms with Gasteiger partial charge in [0, 0.05) is 23.5 Å². The third-order valence-corrected chi connectivity index (χ3v) is 6.74. The van der Waals surface area contributed by atoms with Gasteiger partial charge in [0.1, 0.15) is 18.1 Å². The zero-order valence-electron chi connectivity index (χ0n) is 22.7. The average molecular weight is 567 g/mol. The molecule has 220 valence electrons. The Labute approximate surface area is 237 Å². The number of carboxylic acids is 1. The van der Waals surface area contributed by atoms with Gasteiger partial charge in [-0.2, -0.15) is 0 Å². The highest BCUT2D eigenvalue weighted by atomic mass is 16.4. The number of carbonyl (C=O) groups is 4. The van der Waals surface area contributed by atoms with E-state index in [1.54, 1.807) is 36.5 Å². The molecule has 0 spiro atoms. The SMILES string of the molecule is NCCCCC(NC(=O)C(CO)NC(=O)C(N)Cc1c[nH]c2ccccc12)C(=O)NC(Cc1ccccc1)C(=O)O. The van der Waals surface area contributed by atoms with Gasteiger partial charge in [-0.3, -0.25) is 14.4 Å². The van der Waals surface area contributed by atoms with Crippen LogP contribution in [0.3, 0.4) is 0 Å². The molecular weight excluding hydrogens is 528 g/mol. The van der Waals surface area contributed by atoms with E-state index in [0.717, 1.165) is 22.0 Å². The van der Waals surface area contributed by atoms with Crippen LogP contribution in [0.1, 0.15) is 30.4 Å². The predicted octanol–water partition coefficient (Wildman–Crippen LogP) is -0.0593. The number of aliphatic hydroxyl groups is 1. The molecule has 4 unspecified atom stereocenters. The molecule has 0 aliphatic carbocycles. The zero-order valence-corrected chi connectivity index (χ0v) is 22.7. The number of carbonyl (C=O) groups excluding carboxylic acids is 3. The smallest absolute Gasteiger partial charge is 0.326 e. The number of aliphatic hydroxyl groups excluding tert-OH is 1. The third kappa shape index (κ3) is 9.13. The van der Waals surface area contributed by atoms with Crippen LogP contribution in [0.15, 0.2) is 60.8 Å². The Morgan fingerprint density at radius 1 is 0.805 bits per heavy atom. The normalized spacial score (nSPS) is 14.0. The van der Waals surface area contributed by atoms with Gasteiger partial charge in [-0.15, -0.1) is 0 Å². The molecule has 0 fully saturated rings. The lowest BCUT2D eigenvalue weighted by atomic mass is 10.0. The van der Waals surface area contributed by atoms with Crippen molar-refractivity contribution in [1.29, 1.82) is 0 Å². The van der Waals surface area contributed by atoms with E-state index in [1.165, 1.54) is 0 Å². The molecule has 4 atom stereocenters. The summed E-state index contributed by atoms with van der Waals surface area (Å²) in [4.78, 5) is 53.9. The van der Waals surface area contributed by atoms with Crippen LogP contribution in [0.2, 0.25) is 0 Å². The number of aromatic nitrogens is 1. The van der Waals surface area contributed by atoms with Gasteiger partial charge in [0.25, 0.3) is 0 Å². The number of carboxylic acid groups (broad SMARTS) is 1. The summed E-state index contributed by atoms with van der Waals surface area (Å²) in [6, 6.07) is 11.7. The van der Waals surface area contributed by atoms with E-state index in [0.29, 0.717) is 19.4 Å². The number of aliphatic carboxylic acids is 1. The highest BCUT2D eigenvalue weighted by Crippen LogP contribution is 2.18. The first-order valence-corrected chi connectivity index (χ1v) is 13.5. The molecule has 1 aromatic heterocycles. The van der Waals surface area contributed by atoms with Gasteiger partial charge in [-0.1, -0.05) is 48.5 Å². The van der Waals surface area contributed by atoms with Crippen molar-refractivity contribution in [3.05, 3.63) is 71.9 Å². The molecule has 1 heterocycles. The standard InChI is InChI=1S/C29H38N6O6/c30-13-7-6-12-23(27(38)34-24(29(40)41)14-18-8-2-1-3-9-18)33-28(39)25(17-36)35-26(37)21(31)15-19-16-32-22-11-5-4-10-20(19)22/h1-5,8-11,16,21,23-25,32,36H,6-7,12-15,17,30-31H2,(H,33,39)(H,34,38)(H,35,37)(H,40,41). The van der Waals surface area contributed by atoms with E-state index >= 15 is 0 Å². The average Bonchev–Trinajstić information content (AvgIpc) is 3.37. The summed E-state index contributed by atoms with van der Waals surface area (Å²) in [5.41, 5.74) is 14.1. The molecule has 0 aliphatic rings. The molecule has 3 aromatic rings. The molecule has 0 aliphatic heterocycles. The monoisotopic (exact) mass is 566 g/mol. The number of hydrogen-bond acceptors (Lipinski definition) is 7. The van der Waals surface area contributed by atoms with Crippen molar-refractivity contribution in [2.75, 3.05) is 13.2 Å². The van der Waals surface area contributed by atoms with Crippen molar-refractivity contribution >= 4 is 34.6 Å². The maximum Gasteiger partial charge on any atom is 0.326 e. The summed E-state index contributed by atoms with van der Waals surface area (Å²) >= 11 is 0. The predicted molar refractivity (Wildman–Crippen MR) is 154 cm³/mol. The van der Waals surface area contributed by atoms with Gasteiger partial charge < -0.3 is 42.6 Å². The summed E-state index contributed by atoms with van der Waals surface area (Å²) in [6.07, 6.45) is 3.25. The first kappa shape index (κ1) is 31.3. The topological polar surface area (TPSA) is 213 Å². The lowest BCUT2D eigenvalue weighted by molar-refractivity contribution is -0.142. The van der Waals surface area contributed by atoms with Crippen LogP contribution in [0.25, 0.3) is 10.9 Å². The van der Waals surface area contributed by atoms with Crippen LogP contribution in [0, 0.1) is 0 Å².